The van der Waals surface area contributed by atoms with Crippen LogP contribution in [0, 0.1) is 0 Å². The zero-order valence-electron chi connectivity index (χ0n) is 14.6. The van der Waals surface area contributed by atoms with Crippen molar-refractivity contribution in [1.82, 2.24) is 5.32 Å². The van der Waals surface area contributed by atoms with E-state index in [2.05, 4.69) is 5.32 Å². The molecule has 2 unspecified atom stereocenters. The third kappa shape index (κ3) is 6.83. The fourth-order valence-electron chi connectivity index (χ4n) is 1.97. The molecular formula is C17H21F3N2O4. The van der Waals surface area contributed by atoms with Gasteiger partial charge in [0.2, 0.25) is 5.91 Å². The van der Waals surface area contributed by atoms with Crippen molar-refractivity contribution in [1.29, 1.82) is 0 Å². The molecule has 0 aliphatic rings. The molecule has 2 atom stereocenters. The monoisotopic (exact) mass is 374 g/mol. The van der Waals surface area contributed by atoms with Crippen LogP contribution in [0.2, 0.25) is 0 Å². The van der Waals surface area contributed by atoms with E-state index in [1.807, 2.05) is 0 Å². The number of Topliss-reactive ketones (excluding diaryl/α,β-unsaturated/α-hetero) is 1. The SMILES string of the molecule is CC(C)(C)OC(=O)C(Cc1ccccc1)NC(=O)C(N)C(=O)C(F)(F)F. The Kier molecular flexibility index (Phi) is 6.91. The Morgan fingerprint density at radius 2 is 1.65 bits per heavy atom. The van der Waals surface area contributed by atoms with Crippen LogP contribution in [0.4, 0.5) is 13.2 Å². The number of hydrogen-bond acceptors (Lipinski definition) is 5. The van der Waals surface area contributed by atoms with Crippen molar-refractivity contribution in [2.45, 2.75) is 51.1 Å². The smallest absolute Gasteiger partial charge is 0.452 e. The van der Waals surface area contributed by atoms with Crippen LogP contribution >= 0.6 is 0 Å². The number of benzene rings is 1. The number of nitrogens with one attached hydrogen (secondary N) is 1. The maximum Gasteiger partial charge on any atom is 0.452 e. The van der Waals surface area contributed by atoms with Gasteiger partial charge in [-0.05, 0) is 26.3 Å². The Bertz CT molecular complexity index is 654. The molecule has 0 aliphatic carbocycles. The summed E-state index contributed by atoms with van der Waals surface area (Å²) in [5, 5.41) is 2.08. The topological polar surface area (TPSA) is 98.5 Å². The maximum atomic E-state index is 12.4. The molecule has 26 heavy (non-hydrogen) atoms. The number of hydrogen-bond donors (Lipinski definition) is 2. The number of alkyl halides is 3. The van der Waals surface area contributed by atoms with Crippen LogP contribution in [0.15, 0.2) is 30.3 Å². The van der Waals surface area contributed by atoms with Gasteiger partial charge in [-0.25, -0.2) is 4.79 Å². The highest BCUT2D eigenvalue weighted by atomic mass is 19.4. The van der Waals surface area contributed by atoms with Gasteiger partial charge in [-0.1, -0.05) is 30.3 Å². The summed E-state index contributed by atoms with van der Waals surface area (Å²) in [5.41, 5.74) is 4.85. The van der Waals surface area contributed by atoms with E-state index in [0.29, 0.717) is 5.56 Å². The molecule has 0 fully saturated rings. The number of carbonyl (C=O) groups is 3. The van der Waals surface area contributed by atoms with E-state index in [4.69, 9.17) is 10.5 Å². The third-order valence-corrected chi connectivity index (χ3v) is 3.13. The summed E-state index contributed by atoms with van der Waals surface area (Å²) in [6.07, 6.45) is -5.29. The van der Waals surface area contributed by atoms with Gasteiger partial charge in [-0.3, -0.25) is 9.59 Å². The lowest BCUT2D eigenvalue weighted by molar-refractivity contribution is -0.174. The van der Waals surface area contributed by atoms with Crippen molar-refractivity contribution in [2.24, 2.45) is 5.73 Å². The maximum absolute atomic E-state index is 12.4. The van der Waals surface area contributed by atoms with Gasteiger partial charge < -0.3 is 15.8 Å². The number of rotatable bonds is 6. The highest BCUT2D eigenvalue weighted by Crippen LogP contribution is 2.18. The predicted octanol–water partition coefficient (Wildman–Crippen LogP) is 1.51. The standard InChI is InChI=1S/C17H21F3N2O4/c1-16(2,3)26-15(25)11(9-10-7-5-4-6-8-10)22-14(24)12(21)13(23)17(18,19)20/h4-8,11-12H,9,21H2,1-3H3,(H,22,24). The predicted molar refractivity (Wildman–Crippen MR) is 87.0 cm³/mol. The second-order valence-corrected chi connectivity index (χ2v) is 6.62. The van der Waals surface area contributed by atoms with Crippen molar-refractivity contribution in [3.8, 4) is 0 Å². The highest BCUT2D eigenvalue weighted by Gasteiger charge is 2.45. The van der Waals surface area contributed by atoms with E-state index >= 15 is 0 Å². The minimum atomic E-state index is -5.25. The molecule has 0 aliphatic heterocycles. The van der Waals surface area contributed by atoms with Crippen molar-refractivity contribution >= 4 is 17.7 Å². The van der Waals surface area contributed by atoms with Gasteiger partial charge in [-0.2, -0.15) is 13.2 Å². The van der Waals surface area contributed by atoms with Gasteiger partial charge >= 0.3 is 12.1 Å². The van der Waals surface area contributed by atoms with Crippen LogP contribution in [0.25, 0.3) is 0 Å². The number of nitrogens with two attached hydrogens (primary N) is 1. The van der Waals surface area contributed by atoms with E-state index in [1.165, 1.54) is 0 Å². The minimum absolute atomic E-state index is 0.0333. The van der Waals surface area contributed by atoms with Crippen molar-refractivity contribution < 1.29 is 32.3 Å². The van der Waals surface area contributed by atoms with Crippen molar-refractivity contribution in [3.63, 3.8) is 0 Å². The van der Waals surface area contributed by atoms with Gasteiger partial charge in [0.05, 0.1) is 0 Å². The van der Waals surface area contributed by atoms with Crippen LogP contribution in [-0.4, -0.2) is 41.5 Å². The summed E-state index contributed by atoms with van der Waals surface area (Å²) in [6, 6.07) is 4.72. The number of ether oxygens (including phenoxy) is 1. The molecule has 0 heterocycles. The van der Waals surface area contributed by atoms with Crippen LogP contribution in [0.5, 0.6) is 0 Å². The first kappa shape index (κ1) is 21.6. The van der Waals surface area contributed by atoms with E-state index in [0.717, 1.165) is 0 Å². The zero-order chi connectivity index (χ0) is 20.1. The molecule has 0 bridgehead atoms. The minimum Gasteiger partial charge on any atom is -0.458 e. The largest absolute Gasteiger partial charge is 0.458 e. The fourth-order valence-corrected chi connectivity index (χ4v) is 1.97. The molecule has 0 aromatic heterocycles. The van der Waals surface area contributed by atoms with Crippen LogP contribution in [0.3, 0.4) is 0 Å². The normalized spacial score (nSPS) is 14.3. The molecule has 9 heteroatoms. The molecule has 1 rings (SSSR count). The number of ketones is 1. The first-order valence-electron chi connectivity index (χ1n) is 7.75. The van der Waals surface area contributed by atoms with Gasteiger partial charge in [0.15, 0.2) is 6.04 Å². The molecule has 6 nitrogen and oxygen atoms in total. The molecule has 3 N–H and O–H groups in total. The van der Waals surface area contributed by atoms with Crippen molar-refractivity contribution in [3.05, 3.63) is 35.9 Å². The van der Waals surface area contributed by atoms with Gasteiger partial charge in [0.25, 0.3) is 5.78 Å². The lowest BCUT2D eigenvalue weighted by Gasteiger charge is -2.25. The van der Waals surface area contributed by atoms with Gasteiger partial charge in [0, 0.05) is 6.42 Å². The number of halogens is 3. The second kappa shape index (κ2) is 8.31. The molecule has 0 spiro atoms. The number of amides is 1. The Labute approximate surface area is 148 Å². The highest BCUT2D eigenvalue weighted by molar-refractivity contribution is 6.08. The lowest BCUT2D eigenvalue weighted by Crippen LogP contribution is -2.55. The molecule has 1 aromatic rings. The van der Waals surface area contributed by atoms with Crippen LogP contribution in [0.1, 0.15) is 26.3 Å². The summed E-state index contributed by atoms with van der Waals surface area (Å²) in [5.74, 6) is -4.64. The number of carbonyl (C=O) groups excluding carboxylic acids is 3. The van der Waals surface area contributed by atoms with Gasteiger partial charge in [-0.15, -0.1) is 0 Å². The molecular weight excluding hydrogens is 353 g/mol. The van der Waals surface area contributed by atoms with Crippen LogP contribution in [-0.2, 0) is 25.5 Å². The van der Waals surface area contributed by atoms with Crippen molar-refractivity contribution in [2.75, 3.05) is 0 Å². The Balaban J connectivity index is 2.95. The summed E-state index contributed by atoms with van der Waals surface area (Å²) in [4.78, 5) is 35.4. The molecule has 0 radical (unpaired) electrons. The van der Waals surface area contributed by atoms with Crippen LogP contribution < -0.4 is 11.1 Å². The third-order valence-electron chi connectivity index (χ3n) is 3.13. The van der Waals surface area contributed by atoms with E-state index < -0.39 is 41.5 Å². The van der Waals surface area contributed by atoms with E-state index in [9.17, 15) is 27.6 Å². The summed E-state index contributed by atoms with van der Waals surface area (Å²) in [7, 11) is 0. The molecule has 144 valence electrons. The Hall–Kier alpha value is -2.42. The molecule has 0 saturated carbocycles. The van der Waals surface area contributed by atoms with E-state index in [-0.39, 0.29) is 6.42 Å². The zero-order valence-corrected chi connectivity index (χ0v) is 14.6. The molecule has 1 aromatic carbocycles. The second-order valence-electron chi connectivity index (χ2n) is 6.62. The average molecular weight is 374 g/mol. The van der Waals surface area contributed by atoms with E-state index in [1.54, 1.807) is 51.1 Å². The summed E-state index contributed by atoms with van der Waals surface area (Å²) < 4.78 is 42.5. The average Bonchev–Trinajstić information content (AvgIpc) is 2.51. The Morgan fingerprint density at radius 1 is 1.12 bits per heavy atom. The fraction of sp³-hybridized carbons (Fsp3) is 0.471. The van der Waals surface area contributed by atoms with Gasteiger partial charge in [0.1, 0.15) is 11.6 Å². The lowest BCUT2D eigenvalue weighted by atomic mass is 10.0. The number of esters is 1. The first-order chi connectivity index (χ1) is 11.8. The quantitative estimate of drug-likeness (QED) is 0.581. The Morgan fingerprint density at radius 3 is 2.12 bits per heavy atom. The summed E-state index contributed by atoms with van der Waals surface area (Å²) in [6.45, 7) is 4.81. The first-order valence-corrected chi connectivity index (χ1v) is 7.75. The molecule has 0 saturated heterocycles. The summed E-state index contributed by atoms with van der Waals surface area (Å²) >= 11 is 0. The molecule has 1 amide bonds.